The van der Waals surface area contributed by atoms with Gasteiger partial charge in [0.2, 0.25) is 0 Å². The summed E-state index contributed by atoms with van der Waals surface area (Å²) in [7, 11) is 0. The molecule has 0 saturated carbocycles. The van der Waals surface area contributed by atoms with Gasteiger partial charge < -0.3 is 26.4 Å². The third-order valence-electron chi connectivity index (χ3n) is 5.17. The number of anilines is 2. The molecule has 0 bridgehead atoms. The van der Waals surface area contributed by atoms with Crippen molar-refractivity contribution in [1.29, 1.82) is 0 Å². The Morgan fingerprint density at radius 3 is 2.55 bits per heavy atom. The molecular weight excluding hydrogens is 426 g/mol. The first-order chi connectivity index (χ1) is 15.8. The van der Waals surface area contributed by atoms with Gasteiger partial charge >= 0.3 is 0 Å². The van der Waals surface area contributed by atoms with Crippen LogP contribution in [0.2, 0.25) is 0 Å². The van der Waals surface area contributed by atoms with Crippen molar-refractivity contribution in [2.45, 2.75) is 25.9 Å². The molecule has 0 radical (unpaired) electrons. The van der Waals surface area contributed by atoms with Gasteiger partial charge in [-0.15, -0.1) is 6.42 Å². The molecule has 33 heavy (non-hydrogen) atoms. The van der Waals surface area contributed by atoms with Gasteiger partial charge in [-0.05, 0) is 49.4 Å². The lowest BCUT2D eigenvalue weighted by atomic mass is 10.1. The lowest BCUT2D eigenvalue weighted by Crippen LogP contribution is -2.39. The minimum Gasteiger partial charge on any atom is -0.487 e. The second-order valence-corrected chi connectivity index (χ2v) is 7.74. The standard InChI is InChI=1S/C25H26F2N4O2/c1-3-17-5-8-23(22(14-17)30-25(32)21(29)7-4-16(2)28)31-12-10-19(11-13-31)33-24-9-6-18(26)15-20(24)27/h1,4-9,14-15,19H,10-13,28-29H2,2H3,(H,30,32)/b16-4-,21-7-. The molecule has 1 amide bonds. The summed E-state index contributed by atoms with van der Waals surface area (Å²) in [6, 6.07) is 8.61. The van der Waals surface area contributed by atoms with Crippen molar-refractivity contribution in [2.24, 2.45) is 11.5 Å². The second kappa shape index (κ2) is 10.6. The molecule has 1 fully saturated rings. The molecule has 1 heterocycles. The summed E-state index contributed by atoms with van der Waals surface area (Å²) in [4.78, 5) is 14.6. The van der Waals surface area contributed by atoms with Crippen LogP contribution in [0.4, 0.5) is 20.2 Å². The number of rotatable bonds is 6. The predicted molar refractivity (Wildman–Crippen MR) is 125 cm³/mol. The summed E-state index contributed by atoms with van der Waals surface area (Å²) in [6.07, 6.45) is 9.52. The number of nitrogens with one attached hydrogen (secondary N) is 1. The van der Waals surface area contributed by atoms with E-state index < -0.39 is 17.5 Å². The number of amides is 1. The largest absolute Gasteiger partial charge is 0.487 e. The number of hydrogen-bond donors (Lipinski definition) is 3. The topological polar surface area (TPSA) is 93.6 Å². The molecule has 5 N–H and O–H groups in total. The van der Waals surface area contributed by atoms with Crippen molar-refractivity contribution >= 4 is 17.3 Å². The minimum absolute atomic E-state index is 0.00490. The van der Waals surface area contributed by atoms with E-state index in [-0.39, 0.29) is 17.6 Å². The average molecular weight is 453 g/mol. The van der Waals surface area contributed by atoms with Crippen molar-refractivity contribution in [3.8, 4) is 18.1 Å². The number of hydrogen-bond acceptors (Lipinski definition) is 5. The fourth-order valence-electron chi connectivity index (χ4n) is 3.46. The molecular formula is C25H26F2N4O2. The molecule has 8 heteroatoms. The van der Waals surface area contributed by atoms with E-state index in [4.69, 9.17) is 22.6 Å². The number of piperidine rings is 1. The number of carbonyl (C=O) groups excluding carboxylic acids is 1. The first-order valence-corrected chi connectivity index (χ1v) is 10.4. The van der Waals surface area contributed by atoms with E-state index in [1.54, 1.807) is 25.1 Å². The molecule has 6 nitrogen and oxygen atoms in total. The molecule has 0 aromatic heterocycles. The van der Waals surface area contributed by atoms with Gasteiger partial charge in [0.25, 0.3) is 5.91 Å². The van der Waals surface area contributed by atoms with E-state index in [2.05, 4.69) is 16.1 Å². The number of ether oxygens (including phenoxy) is 1. The van der Waals surface area contributed by atoms with E-state index in [1.165, 1.54) is 18.2 Å². The van der Waals surface area contributed by atoms with Gasteiger partial charge in [0.15, 0.2) is 11.6 Å². The molecule has 1 saturated heterocycles. The van der Waals surface area contributed by atoms with Crippen LogP contribution in [0.3, 0.4) is 0 Å². The Hall–Kier alpha value is -3.99. The number of benzene rings is 2. The highest BCUT2D eigenvalue weighted by Gasteiger charge is 2.24. The van der Waals surface area contributed by atoms with Gasteiger partial charge in [-0.1, -0.05) is 5.92 Å². The summed E-state index contributed by atoms with van der Waals surface area (Å²) >= 11 is 0. The SMILES string of the molecule is C#Cc1ccc(N2CCC(Oc3ccc(F)cc3F)CC2)c(NC(=O)/C(N)=C/C=C(/C)N)c1. The van der Waals surface area contributed by atoms with Gasteiger partial charge in [0.1, 0.15) is 11.9 Å². The Morgan fingerprint density at radius 2 is 1.91 bits per heavy atom. The lowest BCUT2D eigenvalue weighted by molar-refractivity contribution is -0.112. The van der Waals surface area contributed by atoms with Crippen LogP contribution in [-0.4, -0.2) is 25.1 Å². The Morgan fingerprint density at radius 1 is 1.18 bits per heavy atom. The van der Waals surface area contributed by atoms with E-state index in [9.17, 15) is 13.6 Å². The number of allylic oxidation sites excluding steroid dienone is 3. The van der Waals surface area contributed by atoms with Gasteiger partial charge in [-0.25, -0.2) is 8.78 Å². The van der Waals surface area contributed by atoms with Crippen LogP contribution in [0, 0.1) is 24.0 Å². The Labute approximate surface area is 191 Å². The zero-order valence-electron chi connectivity index (χ0n) is 18.3. The highest BCUT2D eigenvalue weighted by Crippen LogP contribution is 2.31. The maximum atomic E-state index is 13.9. The van der Waals surface area contributed by atoms with E-state index >= 15 is 0 Å². The second-order valence-electron chi connectivity index (χ2n) is 7.74. The summed E-state index contributed by atoms with van der Waals surface area (Å²) in [5, 5.41) is 2.81. The predicted octanol–water partition coefficient (Wildman–Crippen LogP) is 3.64. The van der Waals surface area contributed by atoms with Gasteiger partial charge in [-0.2, -0.15) is 0 Å². The summed E-state index contributed by atoms with van der Waals surface area (Å²) < 4.78 is 32.7. The quantitative estimate of drug-likeness (QED) is 0.354. The molecule has 2 aromatic rings. The maximum Gasteiger partial charge on any atom is 0.271 e. The third-order valence-corrected chi connectivity index (χ3v) is 5.17. The van der Waals surface area contributed by atoms with Crippen LogP contribution in [0.1, 0.15) is 25.3 Å². The first-order valence-electron chi connectivity index (χ1n) is 10.4. The molecule has 3 rings (SSSR count). The van der Waals surface area contributed by atoms with E-state index in [0.717, 1.165) is 11.8 Å². The normalized spacial score (nSPS) is 15.2. The summed E-state index contributed by atoms with van der Waals surface area (Å²) in [6.45, 7) is 2.90. The molecule has 0 aliphatic carbocycles. The molecule has 1 aliphatic rings. The van der Waals surface area contributed by atoms with Crippen LogP contribution in [-0.2, 0) is 4.79 Å². The lowest BCUT2D eigenvalue weighted by Gasteiger charge is -2.35. The maximum absolute atomic E-state index is 13.9. The Balaban J connectivity index is 1.72. The van der Waals surface area contributed by atoms with Crippen LogP contribution < -0.4 is 26.4 Å². The highest BCUT2D eigenvalue weighted by molar-refractivity contribution is 6.05. The monoisotopic (exact) mass is 452 g/mol. The van der Waals surface area contributed by atoms with Crippen molar-refractivity contribution in [3.63, 3.8) is 0 Å². The molecule has 0 unspecified atom stereocenters. The smallest absolute Gasteiger partial charge is 0.271 e. The summed E-state index contributed by atoms with van der Waals surface area (Å²) in [5.74, 6) is 0.740. The van der Waals surface area contributed by atoms with Gasteiger partial charge in [0.05, 0.1) is 17.1 Å². The van der Waals surface area contributed by atoms with Gasteiger partial charge in [0, 0.05) is 43.3 Å². The molecule has 2 aromatic carbocycles. The molecule has 1 aliphatic heterocycles. The summed E-state index contributed by atoms with van der Waals surface area (Å²) in [5.41, 5.74) is 13.9. The third kappa shape index (κ3) is 6.26. The molecule has 0 atom stereocenters. The van der Waals surface area contributed by atoms with Gasteiger partial charge in [-0.3, -0.25) is 4.79 Å². The van der Waals surface area contributed by atoms with E-state index in [1.807, 2.05) is 6.07 Å². The van der Waals surface area contributed by atoms with Crippen LogP contribution in [0.5, 0.6) is 5.75 Å². The van der Waals surface area contributed by atoms with E-state index in [0.29, 0.717) is 42.9 Å². The Bertz CT molecular complexity index is 1130. The van der Waals surface area contributed by atoms with Crippen LogP contribution in [0.15, 0.2) is 59.9 Å². The van der Waals surface area contributed by atoms with Crippen molar-refractivity contribution in [2.75, 3.05) is 23.3 Å². The number of terminal acetylenes is 1. The fraction of sp³-hybridized carbons (Fsp3) is 0.240. The minimum atomic E-state index is -0.724. The average Bonchev–Trinajstić information content (AvgIpc) is 2.79. The number of carbonyl (C=O) groups is 1. The van der Waals surface area contributed by atoms with Crippen LogP contribution in [0.25, 0.3) is 0 Å². The van der Waals surface area contributed by atoms with Crippen LogP contribution >= 0.6 is 0 Å². The van der Waals surface area contributed by atoms with Crippen molar-refractivity contribution in [1.82, 2.24) is 0 Å². The Kier molecular flexibility index (Phi) is 7.57. The highest BCUT2D eigenvalue weighted by atomic mass is 19.1. The number of nitrogens with two attached hydrogens (primary N) is 2. The fourth-order valence-corrected chi connectivity index (χ4v) is 3.46. The zero-order chi connectivity index (χ0) is 24.0. The zero-order valence-corrected chi connectivity index (χ0v) is 18.3. The molecule has 0 spiro atoms. The first kappa shape index (κ1) is 23.7. The molecule has 172 valence electrons. The van der Waals surface area contributed by atoms with Crippen molar-refractivity contribution < 1.29 is 18.3 Å². The number of nitrogens with zero attached hydrogens (tertiary/aromatic N) is 1. The van der Waals surface area contributed by atoms with Crippen molar-refractivity contribution in [3.05, 3.63) is 77.1 Å². The number of halogens is 2.